The van der Waals surface area contributed by atoms with Gasteiger partial charge in [0.15, 0.2) is 0 Å². The van der Waals surface area contributed by atoms with E-state index in [4.69, 9.17) is 9.47 Å². The normalized spacial score (nSPS) is 23.5. The van der Waals surface area contributed by atoms with Crippen molar-refractivity contribution in [3.05, 3.63) is 35.4 Å². The van der Waals surface area contributed by atoms with Crippen LogP contribution >= 0.6 is 0 Å². The molecule has 0 aromatic heterocycles. The summed E-state index contributed by atoms with van der Waals surface area (Å²) < 4.78 is 10.9. The molecule has 5 heteroatoms. The predicted octanol–water partition coefficient (Wildman–Crippen LogP) is 3.59. The molecule has 27 heavy (non-hydrogen) atoms. The van der Waals surface area contributed by atoms with Crippen molar-refractivity contribution in [3.63, 3.8) is 0 Å². The van der Waals surface area contributed by atoms with Crippen LogP contribution in [0.3, 0.4) is 0 Å². The van der Waals surface area contributed by atoms with Gasteiger partial charge in [0.05, 0.1) is 18.6 Å². The fourth-order valence-electron chi connectivity index (χ4n) is 3.21. The van der Waals surface area contributed by atoms with Crippen LogP contribution in [-0.2, 0) is 25.5 Å². The molecule has 0 heterocycles. The highest BCUT2D eigenvalue weighted by Gasteiger charge is 2.32. The van der Waals surface area contributed by atoms with Crippen molar-refractivity contribution in [3.8, 4) is 0 Å². The molecule has 1 N–H and O–H groups in total. The molecule has 1 saturated carbocycles. The van der Waals surface area contributed by atoms with Crippen molar-refractivity contribution in [1.29, 1.82) is 0 Å². The number of aliphatic hydroxyl groups excluding tert-OH is 1. The number of esters is 2. The van der Waals surface area contributed by atoms with Gasteiger partial charge in [-0.3, -0.25) is 9.59 Å². The Hall–Kier alpha value is -1.88. The van der Waals surface area contributed by atoms with Gasteiger partial charge in [0.1, 0.15) is 6.10 Å². The second kappa shape index (κ2) is 10.5. The number of ether oxygens (including phenoxy) is 2. The smallest absolute Gasteiger partial charge is 0.308 e. The van der Waals surface area contributed by atoms with Gasteiger partial charge in [-0.15, -0.1) is 0 Å². The minimum absolute atomic E-state index is 0.102. The molecule has 0 bridgehead atoms. The summed E-state index contributed by atoms with van der Waals surface area (Å²) in [5.41, 5.74) is 2.28. The molecular weight excluding hydrogens is 344 g/mol. The highest BCUT2D eigenvalue weighted by Crippen LogP contribution is 2.28. The Kier molecular flexibility index (Phi) is 8.29. The van der Waals surface area contributed by atoms with Gasteiger partial charge in [0.2, 0.25) is 0 Å². The number of hydrogen-bond acceptors (Lipinski definition) is 5. The highest BCUT2D eigenvalue weighted by atomic mass is 16.6. The van der Waals surface area contributed by atoms with Crippen LogP contribution < -0.4 is 0 Å². The van der Waals surface area contributed by atoms with Crippen LogP contribution in [0.25, 0.3) is 0 Å². The minimum Gasteiger partial charge on any atom is -0.465 e. The first-order valence-electron chi connectivity index (χ1n) is 9.98. The number of aliphatic hydroxyl groups is 1. The molecule has 4 unspecified atom stereocenters. The third-order valence-electron chi connectivity index (χ3n) is 5.36. The molecular formula is C22H32O5. The monoisotopic (exact) mass is 376 g/mol. The second-order valence-electron chi connectivity index (χ2n) is 7.70. The molecule has 0 spiro atoms. The Labute approximate surface area is 162 Å². The molecule has 2 rings (SSSR count). The fraction of sp³-hybridized carbons (Fsp3) is 0.636. The van der Waals surface area contributed by atoms with Gasteiger partial charge in [0, 0.05) is 6.42 Å². The lowest BCUT2D eigenvalue weighted by Crippen LogP contribution is -2.39. The van der Waals surface area contributed by atoms with Gasteiger partial charge in [-0.25, -0.2) is 0 Å². The molecule has 0 amide bonds. The van der Waals surface area contributed by atoms with Gasteiger partial charge in [-0.05, 0) is 50.5 Å². The fourth-order valence-corrected chi connectivity index (χ4v) is 3.21. The molecule has 4 atom stereocenters. The van der Waals surface area contributed by atoms with E-state index in [2.05, 4.69) is 0 Å². The maximum absolute atomic E-state index is 12.2. The summed E-state index contributed by atoms with van der Waals surface area (Å²) in [5, 5.41) is 10.2. The highest BCUT2D eigenvalue weighted by molar-refractivity contribution is 5.71. The van der Waals surface area contributed by atoms with Crippen LogP contribution in [-0.4, -0.2) is 35.9 Å². The van der Waals surface area contributed by atoms with Crippen LogP contribution in [0, 0.1) is 18.8 Å². The van der Waals surface area contributed by atoms with Crippen molar-refractivity contribution >= 4 is 11.9 Å². The summed E-state index contributed by atoms with van der Waals surface area (Å²) in [6.45, 7) is 6.16. The molecule has 1 fully saturated rings. The summed E-state index contributed by atoms with van der Waals surface area (Å²) in [6, 6.07) is 8.08. The molecule has 5 nitrogen and oxygen atoms in total. The standard InChI is InChI=1S/C22H32O5/c1-4-16(3)22(25)26-14-18-9-11-19(23)20(13-18)27-21(24)12-10-17-7-5-15(2)6-8-17/h5-8,16,18-20,23H,4,9-14H2,1-3H3. The zero-order chi connectivity index (χ0) is 19.8. The largest absolute Gasteiger partial charge is 0.465 e. The molecule has 1 aromatic carbocycles. The number of benzene rings is 1. The molecule has 1 aliphatic rings. The van der Waals surface area contributed by atoms with Gasteiger partial charge >= 0.3 is 11.9 Å². The predicted molar refractivity (Wildman–Crippen MR) is 103 cm³/mol. The van der Waals surface area contributed by atoms with Gasteiger partial charge in [-0.2, -0.15) is 0 Å². The van der Waals surface area contributed by atoms with E-state index < -0.39 is 12.2 Å². The van der Waals surface area contributed by atoms with E-state index in [-0.39, 0.29) is 23.8 Å². The first-order chi connectivity index (χ1) is 12.9. The number of hydrogen-bond donors (Lipinski definition) is 1. The van der Waals surface area contributed by atoms with Crippen LogP contribution in [0.4, 0.5) is 0 Å². The van der Waals surface area contributed by atoms with E-state index in [0.29, 0.717) is 32.3 Å². The van der Waals surface area contributed by atoms with E-state index in [0.717, 1.165) is 18.4 Å². The quantitative estimate of drug-likeness (QED) is 0.702. The average molecular weight is 376 g/mol. The lowest BCUT2D eigenvalue weighted by Gasteiger charge is -2.32. The van der Waals surface area contributed by atoms with Gasteiger partial charge < -0.3 is 14.6 Å². The van der Waals surface area contributed by atoms with Crippen LogP contribution in [0.5, 0.6) is 0 Å². The van der Waals surface area contributed by atoms with Crippen molar-refractivity contribution in [2.45, 2.75) is 71.5 Å². The zero-order valence-electron chi connectivity index (χ0n) is 16.6. The second-order valence-corrected chi connectivity index (χ2v) is 7.70. The molecule has 0 saturated heterocycles. The number of carbonyl (C=O) groups excluding carboxylic acids is 2. The maximum atomic E-state index is 12.2. The summed E-state index contributed by atoms with van der Waals surface area (Å²) in [6.07, 6.45) is 2.37. The van der Waals surface area contributed by atoms with Crippen molar-refractivity contribution in [1.82, 2.24) is 0 Å². The van der Waals surface area contributed by atoms with Crippen molar-refractivity contribution in [2.24, 2.45) is 11.8 Å². The van der Waals surface area contributed by atoms with Crippen LogP contribution in [0.1, 0.15) is 57.1 Å². The maximum Gasteiger partial charge on any atom is 0.308 e. The number of carbonyl (C=O) groups is 2. The Morgan fingerprint density at radius 2 is 1.93 bits per heavy atom. The molecule has 1 aromatic rings. The number of rotatable bonds is 8. The lowest BCUT2D eigenvalue weighted by molar-refractivity contribution is -0.162. The van der Waals surface area contributed by atoms with E-state index in [1.54, 1.807) is 0 Å². The van der Waals surface area contributed by atoms with Crippen molar-refractivity contribution in [2.75, 3.05) is 6.61 Å². The molecule has 150 valence electrons. The van der Waals surface area contributed by atoms with Gasteiger partial charge in [0.25, 0.3) is 0 Å². The Morgan fingerprint density at radius 3 is 2.59 bits per heavy atom. The van der Waals surface area contributed by atoms with E-state index in [1.807, 2.05) is 45.0 Å². The Morgan fingerprint density at radius 1 is 1.22 bits per heavy atom. The molecule has 1 aliphatic carbocycles. The topological polar surface area (TPSA) is 72.8 Å². The van der Waals surface area contributed by atoms with E-state index in [9.17, 15) is 14.7 Å². The van der Waals surface area contributed by atoms with Crippen LogP contribution in [0.2, 0.25) is 0 Å². The summed E-state index contributed by atoms with van der Waals surface area (Å²) in [7, 11) is 0. The third kappa shape index (κ3) is 6.98. The Bertz CT molecular complexity index is 610. The molecule has 0 aliphatic heterocycles. The van der Waals surface area contributed by atoms with Crippen LogP contribution in [0.15, 0.2) is 24.3 Å². The molecule has 0 radical (unpaired) electrons. The summed E-state index contributed by atoms with van der Waals surface area (Å²) in [4.78, 5) is 24.0. The first-order valence-corrected chi connectivity index (χ1v) is 9.98. The SMILES string of the molecule is CCC(C)C(=O)OCC1CCC(O)C(OC(=O)CCc2ccc(C)cc2)C1. The van der Waals surface area contributed by atoms with E-state index >= 15 is 0 Å². The Balaban J connectivity index is 1.77. The van der Waals surface area contributed by atoms with Gasteiger partial charge in [-0.1, -0.05) is 43.7 Å². The van der Waals surface area contributed by atoms with E-state index in [1.165, 1.54) is 5.56 Å². The first kappa shape index (κ1) is 21.4. The average Bonchev–Trinajstić information content (AvgIpc) is 2.67. The summed E-state index contributed by atoms with van der Waals surface area (Å²) in [5.74, 6) is -0.460. The summed E-state index contributed by atoms with van der Waals surface area (Å²) >= 11 is 0. The number of aryl methyl sites for hydroxylation is 2. The lowest BCUT2D eigenvalue weighted by atomic mass is 9.85. The van der Waals surface area contributed by atoms with Crippen molar-refractivity contribution < 1.29 is 24.2 Å². The zero-order valence-corrected chi connectivity index (χ0v) is 16.6. The third-order valence-corrected chi connectivity index (χ3v) is 5.36. The minimum atomic E-state index is -0.644.